The first-order chi connectivity index (χ1) is 10.7. The molecule has 0 heterocycles. The summed E-state index contributed by atoms with van der Waals surface area (Å²) in [5, 5.41) is 0.426. The lowest BCUT2D eigenvalue weighted by Gasteiger charge is -2.09. The molecule has 5 heteroatoms. The van der Waals surface area contributed by atoms with Gasteiger partial charge in [0.25, 0.3) is 0 Å². The second kappa shape index (κ2) is 11.3. The van der Waals surface area contributed by atoms with Gasteiger partial charge in [0.1, 0.15) is 12.4 Å². The molecule has 0 saturated heterocycles. The fourth-order valence-corrected chi connectivity index (χ4v) is 2.17. The van der Waals surface area contributed by atoms with Gasteiger partial charge in [-0.1, -0.05) is 44.2 Å². The van der Waals surface area contributed by atoms with Crippen molar-refractivity contribution in [3.05, 3.63) is 28.8 Å². The minimum Gasteiger partial charge on any atom is -0.492 e. The molecule has 0 aliphatic carbocycles. The molecular formula is C17H25ClO4. The molecule has 0 fully saturated rings. The standard InChI is InChI=1S/C17H25ClO4/c1-3-4-5-6-7-10-21-16-9-8-14(13-15(16)18)17(19)22-12-11-20-2/h8-9,13H,3-7,10-12H2,1-2H3. The number of hydrogen-bond acceptors (Lipinski definition) is 4. The maximum atomic E-state index is 11.8. The van der Waals surface area contributed by atoms with E-state index in [1.165, 1.54) is 19.3 Å². The molecule has 0 saturated carbocycles. The van der Waals surface area contributed by atoms with Gasteiger partial charge in [-0.05, 0) is 24.6 Å². The molecule has 0 aliphatic rings. The maximum absolute atomic E-state index is 11.8. The summed E-state index contributed by atoms with van der Waals surface area (Å²) in [7, 11) is 1.55. The van der Waals surface area contributed by atoms with Gasteiger partial charge in [-0.25, -0.2) is 4.79 Å². The molecule has 1 aromatic carbocycles. The zero-order valence-corrected chi connectivity index (χ0v) is 14.2. The average Bonchev–Trinajstić information content (AvgIpc) is 2.52. The summed E-state index contributed by atoms with van der Waals surface area (Å²) in [5.41, 5.74) is 0.413. The summed E-state index contributed by atoms with van der Waals surface area (Å²) in [6.07, 6.45) is 5.90. The second-order valence-electron chi connectivity index (χ2n) is 5.04. The summed E-state index contributed by atoms with van der Waals surface area (Å²) in [6, 6.07) is 4.94. The van der Waals surface area contributed by atoms with E-state index in [4.69, 9.17) is 25.8 Å². The van der Waals surface area contributed by atoms with Crippen molar-refractivity contribution < 1.29 is 19.0 Å². The third-order valence-electron chi connectivity index (χ3n) is 3.19. The highest BCUT2D eigenvalue weighted by molar-refractivity contribution is 6.32. The molecule has 0 atom stereocenters. The Hall–Kier alpha value is -1.26. The first kappa shape index (κ1) is 18.8. The number of carbonyl (C=O) groups excluding carboxylic acids is 1. The zero-order valence-electron chi connectivity index (χ0n) is 13.4. The fourth-order valence-electron chi connectivity index (χ4n) is 1.93. The molecule has 0 unspecified atom stereocenters. The number of unbranched alkanes of at least 4 members (excludes halogenated alkanes) is 4. The van der Waals surface area contributed by atoms with Crippen molar-refractivity contribution in [1.29, 1.82) is 0 Å². The highest BCUT2D eigenvalue weighted by Gasteiger charge is 2.10. The third kappa shape index (κ3) is 7.14. The van der Waals surface area contributed by atoms with Crippen LogP contribution in [0.3, 0.4) is 0 Å². The van der Waals surface area contributed by atoms with Gasteiger partial charge in [0.2, 0.25) is 0 Å². The Kier molecular flexibility index (Phi) is 9.67. The Labute approximate surface area is 137 Å². The van der Waals surface area contributed by atoms with E-state index in [1.54, 1.807) is 25.3 Å². The molecule has 124 valence electrons. The van der Waals surface area contributed by atoms with Crippen LogP contribution in [-0.4, -0.2) is 32.9 Å². The molecule has 22 heavy (non-hydrogen) atoms. The number of benzene rings is 1. The normalized spacial score (nSPS) is 10.5. The van der Waals surface area contributed by atoms with Crippen molar-refractivity contribution in [2.75, 3.05) is 26.9 Å². The van der Waals surface area contributed by atoms with Crippen LogP contribution in [0.4, 0.5) is 0 Å². The number of halogens is 1. The maximum Gasteiger partial charge on any atom is 0.338 e. The van der Waals surface area contributed by atoms with Gasteiger partial charge >= 0.3 is 5.97 Å². The van der Waals surface area contributed by atoms with Crippen LogP contribution >= 0.6 is 11.6 Å². The number of hydrogen-bond donors (Lipinski definition) is 0. The number of rotatable bonds is 11. The van der Waals surface area contributed by atoms with E-state index >= 15 is 0 Å². The zero-order chi connectivity index (χ0) is 16.2. The number of methoxy groups -OCH3 is 1. The van der Waals surface area contributed by atoms with Crippen molar-refractivity contribution in [1.82, 2.24) is 0 Å². The lowest BCUT2D eigenvalue weighted by atomic mass is 10.2. The van der Waals surface area contributed by atoms with Crippen LogP contribution < -0.4 is 4.74 Å². The highest BCUT2D eigenvalue weighted by Crippen LogP contribution is 2.26. The number of esters is 1. The van der Waals surface area contributed by atoms with Gasteiger partial charge in [-0.3, -0.25) is 0 Å². The van der Waals surface area contributed by atoms with Crippen LogP contribution in [0.2, 0.25) is 5.02 Å². The lowest BCUT2D eigenvalue weighted by Crippen LogP contribution is -2.10. The summed E-state index contributed by atoms with van der Waals surface area (Å²) in [6.45, 7) is 3.43. The Morgan fingerprint density at radius 3 is 2.55 bits per heavy atom. The molecule has 1 rings (SSSR count). The van der Waals surface area contributed by atoms with Crippen LogP contribution in [0.15, 0.2) is 18.2 Å². The Morgan fingerprint density at radius 1 is 1.09 bits per heavy atom. The van der Waals surface area contributed by atoms with Crippen molar-refractivity contribution in [2.45, 2.75) is 39.0 Å². The van der Waals surface area contributed by atoms with E-state index in [9.17, 15) is 4.79 Å². The molecule has 0 amide bonds. The van der Waals surface area contributed by atoms with Gasteiger partial charge < -0.3 is 14.2 Å². The minimum atomic E-state index is -0.412. The van der Waals surface area contributed by atoms with Crippen LogP contribution in [0, 0.1) is 0 Å². The van der Waals surface area contributed by atoms with E-state index in [0.717, 1.165) is 12.8 Å². The molecule has 0 spiro atoms. The van der Waals surface area contributed by atoms with Gasteiger partial charge in [-0.15, -0.1) is 0 Å². The molecule has 0 radical (unpaired) electrons. The van der Waals surface area contributed by atoms with Crippen molar-refractivity contribution in [2.24, 2.45) is 0 Å². The van der Waals surface area contributed by atoms with Gasteiger partial charge in [0, 0.05) is 7.11 Å². The summed E-state index contributed by atoms with van der Waals surface area (Å²) in [5.74, 6) is 0.190. The smallest absolute Gasteiger partial charge is 0.338 e. The van der Waals surface area contributed by atoms with Gasteiger partial charge in [0.05, 0.1) is 23.8 Å². The van der Waals surface area contributed by atoms with Crippen molar-refractivity contribution in [3.63, 3.8) is 0 Å². The van der Waals surface area contributed by atoms with Crippen LogP contribution in [0.25, 0.3) is 0 Å². The quantitative estimate of drug-likeness (QED) is 0.443. The predicted molar refractivity (Wildman–Crippen MR) is 87.9 cm³/mol. The van der Waals surface area contributed by atoms with Gasteiger partial charge in [0.15, 0.2) is 0 Å². The van der Waals surface area contributed by atoms with Crippen LogP contribution in [0.1, 0.15) is 49.4 Å². The van der Waals surface area contributed by atoms with Crippen LogP contribution in [-0.2, 0) is 9.47 Å². The molecule has 1 aromatic rings. The van der Waals surface area contributed by atoms with E-state index < -0.39 is 5.97 Å². The highest BCUT2D eigenvalue weighted by atomic mass is 35.5. The number of carbonyl (C=O) groups is 1. The van der Waals surface area contributed by atoms with Crippen LogP contribution in [0.5, 0.6) is 5.75 Å². The van der Waals surface area contributed by atoms with Gasteiger partial charge in [-0.2, -0.15) is 0 Å². The Bertz CT molecular complexity index is 448. The SMILES string of the molecule is CCCCCCCOc1ccc(C(=O)OCCOC)cc1Cl. The van der Waals surface area contributed by atoms with Crippen molar-refractivity contribution in [3.8, 4) is 5.75 Å². The third-order valence-corrected chi connectivity index (χ3v) is 3.49. The second-order valence-corrected chi connectivity index (χ2v) is 5.44. The molecule has 4 nitrogen and oxygen atoms in total. The summed E-state index contributed by atoms with van der Waals surface area (Å²) in [4.78, 5) is 11.8. The van der Waals surface area contributed by atoms with E-state index in [0.29, 0.717) is 29.5 Å². The van der Waals surface area contributed by atoms with Crippen molar-refractivity contribution >= 4 is 17.6 Å². The summed E-state index contributed by atoms with van der Waals surface area (Å²) < 4.78 is 15.5. The molecule has 0 N–H and O–H groups in total. The summed E-state index contributed by atoms with van der Waals surface area (Å²) >= 11 is 6.14. The van der Waals surface area contributed by atoms with E-state index in [-0.39, 0.29) is 6.61 Å². The molecule has 0 aromatic heterocycles. The Morgan fingerprint density at radius 2 is 1.86 bits per heavy atom. The monoisotopic (exact) mass is 328 g/mol. The first-order valence-corrected chi connectivity index (χ1v) is 8.15. The molecule has 0 bridgehead atoms. The predicted octanol–water partition coefficient (Wildman–Crippen LogP) is 4.49. The Balaban J connectivity index is 2.39. The first-order valence-electron chi connectivity index (χ1n) is 7.77. The molecule has 0 aliphatic heterocycles. The minimum absolute atomic E-state index is 0.225. The topological polar surface area (TPSA) is 44.8 Å². The number of ether oxygens (including phenoxy) is 3. The van der Waals surface area contributed by atoms with E-state index in [1.807, 2.05) is 0 Å². The van der Waals surface area contributed by atoms with E-state index in [2.05, 4.69) is 6.92 Å². The lowest BCUT2D eigenvalue weighted by molar-refractivity contribution is 0.0388. The largest absolute Gasteiger partial charge is 0.492 e. The average molecular weight is 329 g/mol. The molecular weight excluding hydrogens is 304 g/mol. The fraction of sp³-hybridized carbons (Fsp3) is 0.588.